The van der Waals surface area contributed by atoms with E-state index in [0.29, 0.717) is 17.0 Å². The van der Waals surface area contributed by atoms with Crippen LogP contribution in [0.25, 0.3) is 0 Å². The molecule has 2 unspecified atom stereocenters. The normalized spacial score (nSPS) is 23.4. The van der Waals surface area contributed by atoms with E-state index in [-0.39, 0.29) is 24.0 Å². The number of benzene rings is 1. The summed E-state index contributed by atoms with van der Waals surface area (Å²) in [5.41, 5.74) is 0.384. The van der Waals surface area contributed by atoms with Crippen LogP contribution in [-0.2, 0) is 16.3 Å². The molecule has 1 aliphatic heterocycles. The van der Waals surface area contributed by atoms with Crippen LogP contribution in [0.1, 0.15) is 24.8 Å². The van der Waals surface area contributed by atoms with Gasteiger partial charge in [-0.15, -0.1) is 0 Å². The van der Waals surface area contributed by atoms with Gasteiger partial charge in [0, 0.05) is 16.6 Å². The highest BCUT2D eigenvalue weighted by atomic mass is 35.5. The van der Waals surface area contributed by atoms with E-state index in [9.17, 15) is 12.8 Å². The molecule has 1 aromatic rings. The second-order valence-corrected chi connectivity index (χ2v) is 7.95. The van der Waals surface area contributed by atoms with Crippen molar-refractivity contribution in [3.05, 3.63) is 34.6 Å². The van der Waals surface area contributed by atoms with E-state index in [1.807, 2.05) is 0 Å². The maximum absolute atomic E-state index is 13.8. The molecule has 1 heterocycles. The summed E-state index contributed by atoms with van der Waals surface area (Å²) in [5, 5.41) is 2.91. The summed E-state index contributed by atoms with van der Waals surface area (Å²) >= 11 is 6.02. The third kappa shape index (κ3) is 3.32. The average molecular weight is 320 g/mol. The highest BCUT2D eigenvalue weighted by Gasteiger charge is 2.35. The molecule has 0 saturated carbocycles. The Kier molecular flexibility index (Phi) is 5.04. The fourth-order valence-corrected chi connectivity index (χ4v) is 5.21. The Balaban J connectivity index is 2.25. The van der Waals surface area contributed by atoms with Gasteiger partial charge in [0.1, 0.15) is 5.82 Å². The lowest BCUT2D eigenvalue weighted by atomic mass is 9.99. The minimum atomic E-state index is -3.11. The second kappa shape index (κ2) is 6.41. The minimum Gasteiger partial charge on any atom is -0.315 e. The molecule has 2 rings (SSSR count). The molecule has 0 radical (unpaired) electrons. The Labute approximate surface area is 124 Å². The van der Waals surface area contributed by atoms with Gasteiger partial charge >= 0.3 is 0 Å². The van der Waals surface area contributed by atoms with Crippen molar-refractivity contribution in [2.24, 2.45) is 0 Å². The van der Waals surface area contributed by atoms with E-state index in [1.165, 1.54) is 6.07 Å². The lowest BCUT2D eigenvalue weighted by Crippen LogP contribution is -2.46. The zero-order chi connectivity index (χ0) is 14.8. The van der Waals surface area contributed by atoms with Crippen molar-refractivity contribution in [3.63, 3.8) is 0 Å². The summed E-state index contributed by atoms with van der Waals surface area (Å²) in [4.78, 5) is 0. The van der Waals surface area contributed by atoms with E-state index in [2.05, 4.69) is 5.32 Å². The maximum atomic E-state index is 13.8. The number of hydrogen-bond acceptors (Lipinski definition) is 3. The van der Waals surface area contributed by atoms with Crippen molar-refractivity contribution in [2.75, 3.05) is 12.8 Å². The van der Waals surface area contributed by atoms with Gasteiger partial charge in [-0.3, -0.25) is 0 Å². The van der Waals surface area contributed by atoms with Gasteiger partial charge in [0.15, 0.2) is 9.84 Å². The van der Waals surface area contributed by atoms with Crippen molar-refractivity contribution in [3.8, 4) is 0 Å². The van der Waals surface area contributed by atoms with Crippen molar-refractivity contribution < 1.29 is 12.8 Å². The molecule has 1 saturated heterocycles. The highest BCUT2D eigenvalue weighted by Crippen LogP contribution is 2.27. The molecule has 0 aliphatic carbocycles. The minimum absolute atomic E-state index is 0.223. The van der Waals surface area contributed by atoms with Crippen LogP contribution in [0.5, 0.6) is 0 Å². The summed E-state index contributed by atoms with van der Waals surface area (Å²) in [7, 11) is -1.40. The van der Waals surface area contributed by atoms with Gasteiger partial charge < -0.3 is 5.32 Å². The molecule has 20 heavy (non-hydrogen) atoms. The van der Waals surface area contributed by atoms with Crippen molar-refractivity contribution >= 4 is 21.4 Å². The van der Waals surface area contributed by atoms with Crippen molar-refractivity contribution in [1.29, 1.82) is 0 Å². The predicted molar refractivity (Wildman–Crippen MR) is 79.4 cm³/mol. The van der Waals surface area contributed by atoms with Crippen LogP contribution in [0.4, 0.5) is 4.39 Å². The summed E-state index contributed by atoms with van der Waals surface area (Å²) in [6.07, 6.45) is 2.52. The number of hydrogen-bond donors (Lipinski definition) is 1. The third-order valence-electron chi connectivity index (χ3n) is 3.93. The molecule has 1 aliphatic rings. The number of nitrogens with one attached hydrogen (secondary N) is 1. The van der Waals surface area contributed by atoms with Gasteiger partial charge in [0.2, 0.25) is 0 Å². The molecule has 0 amide bonds. The first-order chi connectivity index (χ1) is 9.45. The first-order valence-corrected chi connectivity index (χ1v) is 8.87. The van der Waals surface area contributed by atoms with Gasteiger partial charge in [-0.25, -0.2) is 12.8 Å². The molecule has 1 aromatic carbocycles. The topological polar surface area (TPSA) is 46.2 Å². The van der Waals surface area contributed by atoms with Gasteiger partial charge in [-0.05, 0) is 38.4 Å². The Morgan fingerprint density at radius 2 is 2.20 bits per heavy atom. The van der Waals surface area contributed by atoms with Crippen LogP contribution in [0.15, 0.2) is 18.2 Å². The number of likely N-dealkylation sites (N-methyl/N-ethyl adjacent to an activating group) is 1. The molecule has 0 aromatic heterocycles. The Hall–Kier alpha value is -0.650. The number of halogens is 2. The van der Waals surface area contributed by atoms with E-state index < -0.39 is 15.1 Å². The average Bonchev–Trinajstić information content (AvgIpc) is 2.39. The molecule has 1 fully saturated rings. The van der Waals surface area contributed by atoms with Crippen LogP contribution in [-0.4, -0.2) is 32.5 Å². The standard InChI is InChI=1S/C14H19ClFNO2S/c1-17-13(14-7-2-3-8-20(14,18)19)9-10-11(15)5-4-6-12(10)16/h4-6,13-14,17H,2-3,7-9H2,1H3. The van der Waals surface area contributed by atoms with Crippen molar-refractivity contribution in [2.45, 2.75) is 37.0 Å². The second-order valence-electron chi connectivity index (χ2n) is 5.20. The van der Waals surface area contributed by atoms with Crippen LogP contribution in [0, 0.1) is 5.82 Å². The largest absolute Gasteiger partial charge is 0.315 e. The Morgan fingerprint density at radius 1 is 1.45 bits per heavy atom. The van der Waals surface area contributed by atoms with Crippen LogP contribution >= 0.6 is 11.6 Å². The maximum Gasteiger partial charge on any atom is 0.154 e. The van der Waals surface area contributed by atoms with Gasteiger partial charge in [-0.2, -0.15) is 0 Å². The van der Waals surface area contributed by atoms with Gasteiger partial charge in [-0.1, -0.05) is 24.1 Å². The monoisotopic (exact) mass is 319 g/mol. The lowest BCUT2D eigenvalue weighted by molar-refractivity contribution is 0.450. The first-order valence-electron chi connectivity index (χ1n) is 6.77. The van der Waals surface area contributed by atoms with Crippen LogP contribution in [0.3, 0.4) is 0 Å². The molecule has 3 nitrogen and oxygen atoms in total. The predicted octanol–water partition coefficient (Wildman–Crippen LogP) is 2.58. The number of sulfone groups is 1. The van der Waals surface area contributed by atoms with E-state index >= 15 is 0 Å². The summed E-state index contributed by atoms with van der Waals surface area (Å²) in [6.45, 7) is 0. The molecule has 6 heteroatoms. The molecule has 2 atom stereocenters. The molecular formula is C14H19ClFNO2S. The summed E-state index contributed by atoms with van der Waals surface area (Å²) < 4.78 is 38.2. The van der Waals surface area contributed by atoms with Crippen LogP contribution in [0.2, 0.25) is 5.02 Å². The molecule has 112 valence electrons. The zero-order valence-electron chi connectivity index (χ0n) is 11.4. The molecule has 0 spiro atoms. The fourth-order valence-electron chi connectivity index (χ4n) is 2.80. The van der Waals surface area contributed by atoms with Gasteiger partial charge in [0.25, 0.3) is 0 Å². The Morgan fingerprint density at radius 3 is 2.80 bits per heavy atom. The highest BCUT2D eigenvalue weighted by molar-refractivity contribution is 7.92. The number of rotatable bonds is 4. The van der Waals surface area contributed by atoms with E-state index in [1.54, 1.807) is 19.2 Å². The van der Waals surface area contributed by atoms with Gasteiger partial charge in [0.05, 0.1) is 11.0 Å². The fraction of sp³-hybridized carbons (Fsp3) is 0.571. The lowest BCUT2D eigenvalue weighted by Gasteiger charge is -2.30. The smallest absolute Gasteiger partial charge is 0.154 e. The SMILES string of the molecule is CNC(Cc1c(F)cccc1Cl)C1CCCCS1(=O)=O. The third-order valence-corrected chi connectivity index (χ3v) is 6.63. The first kappa shape index (κ1) is 15.7. The molecular weight excluding hydrogens is 301 g/mol. The van der Waals surface area contributed by atoms with E-state index in [4.69, 9.17) is 11.6 Å². The quantitative estimate of drug-likeness (QED) is 0.928. The summed E-state index contributed by atoms with van der Waals surface area (Å²) in [5.74, 6) is -0.160. The molecule has 1 N–H and O–H groups in total. The van der Waals surface area contributed by atoms with Crippen molar-refractivity contribution in [1.82, 2.24) is 5.32 Å². The summed E-state index contributed by atoms with van der Waals surface area (Å²) in [6, 6.07) is 4.22. The van der Waals surface area contributed by atoms with Crippen LogP contribution < -0.4 is 5.32 Å². The molecule has 0 bridgehead atoms. The zero-order valence-corrected chi connectivity index (χ0v) is 13.0. The Bertz CT molecular complexity index is 556. The van der Waals surface area contributed by atoms with E-state index in [0.717, 1.165) is 12.8 Å².